The van der Waals surface area contributed by atoms with Crippen molar-refractivity contribution in [1.82, 2.24) is 15.2 Å². The lowest BCUT2D eigenvalue weighted by molar-refractivity contribution is -0.142. The molecule has 190 valence electrons. The van der Waals surface area contributed by atoms with Crippen molar-refractivity contribution in [2.24, 2.45) is 11.8 Å². The molecule has 0 radical (unpaired) electrons. The van der Waals surface area contributed by atoms with E-state index >= 15 is 0 Å². The summed E-state index contributed by atoms with van der Waals surface area (Å²) in [4.78, 5) is 37.2. The molecule has 6 rings (SSSR count). The van der Waals surface area contributed by atoms with Gasteiger partial charge in [0.1, 0.15) is 5.82 Å². The Morgan fingerprint density at radius 1 is 1.06 bits per heavy atom. The number of nitrogens with zero attached hydrogens (tertiary/aromatic N) is 4. The Balaban J connectivity index is 1.12. The lowest BCUT2D eigenvalue weighted by atomic mass is 9.76. The summed E-state index contributed by atoms with van der Waals surface area (Å²) in [6.07, 6.45) is 5.72. The minimum Gasteiger partial charge on any atom is -0.378 e. The van der Waals surface area contributed by atoms with Crippen molar-refractivity contribution in [3.8, 4) is 0 Å². The summed E-state index contributed by atoms with van der Waals surface area (Å²) < 4.78 is 5.44. The zero-order chi connectivity index (χ0) is 24.5. The first-order valence-corrected chi connectivity index (χ1v) is 13.3. The lowest BCUT2D eigenvalue weighted by Gasteiger charge is -2.52. The smallest absolute Gasteiger partial charge is 0.255 e. The molecule has 1 aromatic carbocycles. The van der Waals surface area contributed by atoms with E-state index < -0.39 is 0 Å². The van der Waals surface area contributed by atoms with Crippen LogP contribution in [0.1, 0.15) is 41.6 Å². The number of morpholine rings is 1. The fraction of sp³-hybridized carbons (Fsp3) is 0.536. The molecule has 4 aliphatic rings. The Kier molecular flexibility index (Phi) is 6.52. The molecule has 2 aromatic rings. The summed E-state index contributed by atoms with van der Waals surface area (Å²) in [5.74, 6) is 1.88. The van der Waals surface area contributed by atoms with E-state index in [4.69, 9.17) is 4.74 Å². The summed E-state index contributed by atoms with van der Waals surface area (Å²) in [6, 6.07) is 12.5. The Labute approximate surface area is 212 Å². The van der Waals surface area contributed by atoms with Crippen LogP contribution in [0.25, 0.3) is 0 Å². The predicted octanol–water partition coefficient (Wildman–Crippen LogP) is 2.69. The molecule has 8 heteroatoms. The van der Waals surface area contributed by atoms with Gasteiger partial charge in [-0.3, -0.25) is 9.59 Å². The molecule has 2 unspecified atom stereocenters. The van der Waals surface area contributed by atoms with Crippen LogP contribution in [0.15, 0.2) is 42.6 Å². The third-order valence-corrected chi connectivity index (χ3v) is 8.28. The predicted molar refractivity (Wildman–Crippen MR) is 138 cm³/mol. The van der Waals surface area contributed by atoms with Gasteiger partial charge in [0.2, 0.25) is 5.91 Å². The maximum absolute atomic E-state index is 13.3. The highest BCUT2D eigenvalue weighted by Gasteiger charge is 2.44. The summed E-state index contributed by atoms with van der Waals surface area (Å²) in [5, 5.41) is 3.10. The number of pyridine rings is 1. The number of hydrogen-bond donors (Lipinski definition) is 1. The van der Waals surface area contributed by atoms with Crippen molar-refractivity contribution in [1.29, 1.82) is 0 Å². The van der Waals surface area contributed by atoms with Crippen molar-refractivity contribution >= 4 is 23.3 Å². The van der Waals surface area contributed by atoms with Crippen LogP contribution >= 0.6 is 0 Å². The van der Waals surface area contributed by atoms with Crippen molar-refractivity contribution in [2.45, 2.75) is 38.3 Å². The fourth-order valence-corrected chi connectivity index (χ4v) is 6.53. The second-order valence-corrected chi connectivity index (χ2v) is 10.6. The molecular formula is C28H35N5O3. The summed E-state index contributed by atoms with van der Waals surface area (Å²) in [5.41, 5.74) is 2.89. The van der Waals surface area contributed by atoms with E-state index in [9.17, 15) is 9.59 Å². The Morgan fingerprint density at radius 3 is 2.72 bits per heavy atom. The number of benzene rings is 1. The van der Waals surface area contributed by atoms with Gasteiger partial charge in [0.25, 0.3) is 5.91 Å². The number of carbonyl (C=O) groups excluding carboxylic acids is 2. The SMILES string of the molecule is O=C(NCc1ccc(N2CCOCC2)cc1)c1cccnc1N1CC2CC(C1)[C@H]1CCCC(=O)N1C2. The minimum atomic E-state index is -0.0967. The van der Waals surface area contributed by atoms with Gasteiger partial charge >= 0.3 is 0 Å². The summed E-state index contributed by atoms with van der Waals surface area (Å²) in [7, 11) is 0. The second kappa shape index (κ2) is 10.1. The number of amides is 2. The molecule has 4 aliphatic heterocycles. The van der Waals surface area contributed by atoms with Gasteiger partial charge in [-0.2, -0.15) is 0 Å². The molecule has 4 fully saturated rings. The van der Waals surface area contributed by atoms with E-state index in [1.54, 1.807) is 6.20 Å². The van der Waals surface area contributed by atoms with Gasteiger partial charge in [0, 0.05) is 63.6 Å². The van der Waals surface area contributed by atoms with Crippen LogP contribution in [-0.2, 0) is 16.1 Å². The topological polar surface area (TPSA) is 78.0 Å². The number of carbonyl (C=O) groups is 2. The summed E-state index contributed by atoms with van der Waals surface area (Å²) >= 11 is 0. The van der Waals surface area contributed by atoms with Crippen LogP contribution in [0.4, 0.5) is 11.5 Å². The third kappa shape index (κ3) is 4.66. The van der Waals surface area contributed by atoms with E-state index in [-0.39, 0.29) is 5.91 Å². The number of aromatic nitrogens is 1. The molecule has 2 bridgehead atoms. The van der Waals surface area contributed by atoms with Crippen LogP contribution in [0.3, 0.4) is 0 Å². The monoisotopic (exact) mass is 489 g/mol. The van der Waals surface area contributed by atoms with Crippen molar-refractivity contribution in [3.63, 3.8) is 0 Å². The largest absolute Gasteiger partial charge is 0.378 e. The number of nitrogens with one attached hydrogen (secondary N) is 1. The number of hydrogen-bond acceptors (Lipinski definition) is 6. The van der Waals surface area contributed by atoms with Gasteiger partial charge in [0.15, 0.2) is 0 Å². The minimum absolute atomic E-state index is 0.0967. The van der Waals surface area contributed by atoms with Crippen LogP contribution in [-0.4, -0.2) is 73.7 Å². The molecule has 3 atom stereocenters. The van der Waals surface area contributed by atoms with Crippen LogP contribution in [0.2, 0.25) is 0 Å². The van der Waals surface area contributed by atoms with Gasteiger partial charge in [0.05, 0.1) is 18.8 Å². The molecule has 4 saturated heterocycles. The van der Waals surface area contributed by atoms with Crippen LogP contribution in [0.5, 0.6) is 0 Å². The first-order valence-electron chi connectivity index (χ1n) is 13.3. The highest BCUT2D eigenvalue weighted by Crippen LogP contribution is 2.39. The van der Waals surface area contributed by atoms with E-state index in [0.29, 0.717) is 42.3 Å². The molecule has 0 saturated carbocycles. The maximum Gasteiger partial charge on any atom is 0.255 e. The van der Waals surface area contributed by atoms with Crippen molar-refractivity contribution in [2.75, 3.05) is 55.7 Å². The highest BCUT2D eigenvalue weighted by molar-refractivity contribution is 5.98. The lowest BCUT2D eigenvalue weighted by Crippen LogP contribution is -2.60. The first kappa shape index (κ1) is 23.3. The Morgan fingerprint density at radius 2 is 1.89 bits per heavy atom. The van der Waals surface area contributed by atoms with Gasteiger partial charge in [-0.25, -0.2) is 4.98 Å². The second-order valence-electron chi connectivity index (χ2n) is 10.6. The van der Waals surface area contributed by atoms with E-state index in [1.807, 2.05) is 12.1 Å². The number of piperidine rings is 3. The first-order chi connectivity index (χ1) is 17.7. The maximum atomic E-state index is 13.3. The molecule has 2 amide bonds. The third-order valence-electron chi connectivity index (χ3n) is 8.28. The Hall–Kier alpha value is -3.13. The van der Waals surface area contributed by atoms with Gasteiger partial charge < -0.3 is 24.8 Å². The molecule has 8 nitrogen and oxygen atoms in total. The van der Waals surface area contributed by atoms with E-state index in [1.165, 1.54) is 12.1 Å². The average molecular weight is 490 g/mol. The quantitative estimate of drug-likeness (QED) is 0.696. The highest BCUT2D eigenvalue weighted by atomic mass is 16.5. The van der Waals surface area contributed by atoms with Crippen molar-refractivity contribution < 1.29 is 14.3 Å². The van der Waals surface area contributed by atoms with Crippen LogP contribution in [0, 0.1) is 11.8 Å². The zero-order valence-corrected chi connectivity index (χ0v) is 20.8. The molecule has 5 heterocycles. The number of ether oxygens (including phenoxy) is 1. The molecule has 36 heavy (non-hydrogen) atoms. The Bertz CT molecular complexity index is 1100. The van der Waals surface area contributed by atoms with Gasteiger partial charge in [-0.05, 0) is 60.9 Å². The summed E-state index contributed by atoms with van der Waals surface area (Å²) in [6.45, 7) is 6.35. The van der Waals surface area contributed by atoms with Gasteiger partial charge in [-0.15, -0.1) is 0 Å². The molecular weight excluding hydrogens is 454 g/mol. The fourth-order valence-electron chi connectivity index (χ4n) is 6.53. The number of fused-ring (bicyclic) bond motifs is 4. The number of rotatable bonds is 5. The van der Waals surface area contributed by atoms with E-state index in [0.717, 1.165) is 70.2 Å². The molecule has 1 N–H and O–H groups in total. The van der Waals surface area contributed by atoms with E-state index in [2.05, 4.69) is 49.3 Å². The van der Waals surface area contributed by atoms with Crippen molar-refractivity contribution in [3.05, 3.63) is 53.7 Å². The average Bonchev–Trinajstić information content (AvgIpc) is 2.93. The zero-order valence-electron chi connectivity index (χ0n) is 20.8. The molecule has 1 aromatic heterocycles. The molecule has 0 spiro atoms. The number of anilines is 2. The normalized spacial score (nSPS) is 25.9. The van der Waals surface area contributed by atoms with Crippen LogP contribution < -0.4 is 15.1 Å². The standard InChI is InChI=1S/C28H35N5O3/c34-26-5-1-4-25-22-15-21(18-33(25)26)17-32(19-22)27-24(3-2-10-29-27)28(35)30-16-20-6-8-23(9-7-20)31-11-13-36-14-12-31/h2-3,6-10,21-22,25H,1,4-5,11-19H2,(H,30,35)/t21?,22?,25-/m1/s1. The molecule has 0 aliphatic carbocycles. The van der Waals surface area contributed by atoms with Gasteiger partial charge in [-0.1, -0.05) is 12.1 Å².